The van der Waals surface area contributed by atoms with E-state index in [2.05, 4.69) is 0 Å². The molecule has 0 fully saturated rings. The van der Waals surface area contributed by atoms with Gasteiger partial charge in [0.15, 0.2) is 0 Å². The Labute approximate surface area is 111 Å². The average Bonchev–Trinajstić information content (AvgIpc) is 2.03. The number of hydrogen-bond donors (Lipinski definition) is 0. The molecule has 0 saturated carbocycles. The van der Waals surface area contributed by atoms with E-state index in [4.69, 9.17) is 0 Å². The zero-order valence-corrected chi connectivity index (χ0v) is 11.6. The van der Waals surface area contributed by atoms with Crippen LogP contribution < -0.4 is 17.0 Å². The van der Waals surface area contributed by atoms with Gasteiger partial charge in [-0.3, -0.25) is 0 Å². The minimum atomic E-state index is -4.28. The molecule has 14 heavy (non-hydrogen) atoms. The number of halogens is 1. The number of hydrogen-bond acceptors (Lipinski definition) is 3. The topological polar surface area (TPSA) is 57.2 Å². The van der Waals surface area contributed by atoms with E-state index in [9.17, 15) is 13.0 Å². The summed E-state index contributed by atoms with van der Waals surface area (Å²) in [6.45, 7) is 1.96. The van der Waals surface area contributed by atoms with Crippen molar-refractivity contribution in [2.24, 2.45) is 0 Å². The molecule has 0 aliphatic carbocycles. The third kappa shape index (κ3) is 4.74. The fourth-order valence-corrected chi connectivity index (χ4v) is 1.36. The van der Waals surface area contributed by atoms with E-state index in [1.54, 1.807) is 12.1 Å². The second kappa shape index (κ2) is 6.79. The largest absolute Gasteiger partial charge is 2.00 e. The van der Waals surface area contributed by atoms with Gasteiger partial charge in [-0.15, -0.1) is 0 Å². The molecule has 0 aliphatic rings. The molecule has 0 atom stereocenters. The Morgan fingerprint density at radius 3 is 1.93 bits per heavy atom. The maximum absolute atomic E-state index is 10.5. The van der Waals surface area contributed by atoms with E-state index in [-0.39, 0.29) is 44.9 Å². The van der Waals surface area contributed by atoms with Gasteiger partial charge in [0, 0.05) is 0 Å². The van der Waals surface area contributed by atoms with Crippen LogP contribution >= 0.6 is 0 Å². The van der Waals surface area contributed by atoms with Crippen molar-refractivity contribution in [3.63, 3.8) is 0 Å². The summed E-state index contributed by atoms with van der Waals surface area (Å²) in [5, 5.41) is 0. The molecule has 74 valence electrons. The molecule has 0 amide bonds. The van der Waals surface area contributed by atoms with Crippen LogP contribution in [-0.4, -0.2) is 36.0 Å². The van der Waals surface area contributed by atoms with Gasteiger partial charge < -0.3 is 21.5 Å². The van der Waals surface area contributed by atoms with Crippen LogP contribution in [0.2, 0.25) is 0 Å². The fraction of sp³-hybridized carbons (Fsp3) is 0.250. The van der Waals surface area contributed by atoms with Crippen LogP contribution in [0.15, 0.2) is 29.2 Å². The molecule has 0 aromatic heterocycles. The van der Waals surface area contributed by atoms with E-state index in [1.807, 2.05) is 6.92 Å². The summed E-state index contributed by atoms with van der Waals surface area (Å²) >= 11 is 0. The molecular formula is C8H9BrMgO3S. The van der Waals surface area contributed by atoms with E-state index in [0.29, 0.717) is 0 Å². The molecule has 0 radical (unpaired) electrons. The van der Waals surface area contributed by atoms with Crippen LogP contribution in [0.25, 0.3) is 0 Å². The zero-order valence-electron chi connectivity index (χ0n) is 7.73. The molecule has 6 heteroatoms. The predicted molar refractivity (Wildman–Crippen MR) is 49.5 cm³/mol. The molecule has 1 aromatic rings. The Kier molecular flexibility index (Phi) is 8.14. The molecule has 0 aliphatic heterocycles. The summed E-state index contributed by atoms with van der Waals surface area (Å²) in [5.41, 5.74) is 1.02. The van der Waals surface area contributed by atoms with E-state index in [1.165, 1.54) is 12.1 Å². The quantitative estimate of drug-likeness (QED) is 0.458. The first-order chi connectivity index (χ1) is 5.54. The maximum atomic E-state index is 10.5. The molecule has 1 aromatic carbocycles. The monoisotopic (exact) mass is 288 g/mol. The van der Waals surface area contributed by atoms with Gasteiger partial charge in [0.1, 0.15) is 10.1 Å². The van der Waals surface area contributed by atoms with Gasteiger partial charge in [0.2, 0.25) is 0 Å². The first kappa shape index (κ1) is 16.8. The van der Waals surface area contributed by atoms with Crippen LogP contribution in [0.5, 0.6) is 0 Å². The van der Waals surface area contributed by atoms with Crippen molar-refractivity contribution in [2.45, 2.75) is 18.2 Å². The Hall–Kier alpha value is 0.376. The third-order valence-corrected chi connectivity index (χ3v) is 2.47. The molecule has 1 rings (SSSR count). The van der Waals surface area contributed by atoms with Crippen LogP contribution in [0.4, 0.5) is 0 Å². The smallest absolute Gasteiger partial charge is 1.00 e. The van der Waals surface area contributed by atoms with Gasteiger partial charge >= 0.3 is 23.1 Å². The van der Waals surface area contributed by atoms with Gasteiger partial charge in [0.25, 0.3) is 0 Å². The van der Waals surface area contributed by atoms with Gasteiger partial charge in [-0.25, -0.2) is 8.42 Å². The van der Waals surface area contributed by atoms with Crippen molar-refractivity contribution in [3.8, 4) is 0 Å². The SMILES string of the molecule is CCc1ccc(S(=O)(=O)[O-])cc1.[Br-].[Mg+2]. The van der Waals surface area contributed by atoms with Gasteiger partial charge in [-0.05, 0) is 24.1 Å². The molecule has 0 unspecified atom stereocenters. The molecule has 0 bridgehead atoms. The third-order valence-electron chi connectivity index (χ3n) is 1.62. The summed E-state index contributed by atoms with van der Waals surface area (Å²) < 4.78 is 31.4. The summed E-state index contributed by atoms with van der Waals surface area (Å²) in [6, 6.07) is 5.96. The first-order valence-corrected chi connectivity index (χ1v) is 4.99. The maximum Gasteiger partial charge on any atom is 2.00 e. The van der Waals surface area contributed by atoms with Crippen LogP contribution in [-0.2, 0) is 16.5 Å². The normalized spacial score (nSPS) is 9.86. The van der Waals surface area contributed by atoms with Crippen molar-refractivity contribution in [3.05, 3.63) is 29.8 Å². The van der Waals surface area contributed by atoms with Crippen molar-refractivity contribution >= 4 is 33.2 Å². The average molecular weight is 289 g/mol. The molecule has 0 spiro atoms. The van der Waals surface area contributed by atoms with E-state index < -0.39 is 10.1 Å². The molecule has 0 N–H and O–H groups in total. The number of rotatable bonds is 2. The molecular weight excluding hydrogens is 280 g/mol. The second-order valence-electron chi connectivity index (χ2n) is 2.45. The van der Waals surface area contributed by atoms with Gasteiger partial charge in [-0.2, -0.15) is 0 Å². The van der Waals surface area contributed by atoms with Gasteiger partial charge in [-0.1, -0.05) is 19.1 Å². The van der Waals surface area contributed by atoms with Crippen molar-refractivity contribution in [1.29, 1.82) is 0 Å². The standard InChI is InChI=1S/C8H10O3S.BrH.Mg/c1-2-7-3-5-8(6-4-7)12(9,10)11;;/h3-6H,2H2,1H3,(H,9,10,11);1H;/q;;+2/p-2. The Morgan fingerprint density at radius 2 is 1.64 bits per heavy atom. The molecule has 0 saturated heterocycles. The Morgan fingerprint density at radius 1 is 1.21 bits per heavy atom. The van der Waals surface area contributed by atoms with Crippen molar-refractivity contribution < 1.29 is 30.0 Å². The summed E-state index contributed by atoms with van der Waals surface area (Å²) in [7, 11) is -4.28. The molecule has 0 heterocycles. The summed E-state index contributed by atoms with van der Waals surface area (Å²) in [4.78, 5) is -0.167. The number of benzene rings is 1. The Balaban J connectivity index is 0. The van der Waals surface area contributed by atoms with E-state index >= 15 is 0 Å². The minimum absolute atomic E-state index is 0. The minimum Gasteiger partial charge on any atom is -1.00 e. The second-order valence-corrected chi connectivity index (χ2v) is 3.83. The molecule has 3 nitrogen and oxygen atoms in total. The predicted octanol–water partition coefficient (Wildman–Crippen LogP) is -2.22. The fourth-order valence-electron chi connectivity index (χ4n) is 0.892. The zero-order chi connectivity index (χ0) is 9.19. The first-order valence-electron chi connectivity index (χ1n) is 3.59. The van der Waals surface area contributed by atoms with Gasteiger partial charge in [0.05, 0.1) is 4.90 Å². The number of aryl methyl sites for hydroxylation is 1. The van der Waals surface area contributed by atoms with Crippen molar-refractivity contribution in [1.82, 2.24) is 0 Å². The van der Waals surface area contributed by atoms with Crippen LogP contribution in [0.1, 0.15) is 12.5 Å². The van der Waals surface area contributed by atoms with Crippen molar-refractivity contribution in [2.75, 3.05) is 0 Å². The van der Waals surface area contributed by atoms with Crippen LogP contribution in [0, 0.1) is 0 Å². The summed E-state index contributed by atoms with van der Waals surface area (Å²) in [5.74, 6) is 0. The Bertz CT molecular complexity index is 361. The van der Waals surface area contributed by atoms with E-state index in [0.717, 1.165) is 12.0 Å². The summed E-state index contributed by atoms with van der Waals surface area (Å²) in [6.07, 6.45) is 0.833. The van der Waals surface area contributed by atoms with Crippen LogP contribution in [0.3, 0.4) is 0 Å².